The molecule has 1 N–H and O–H groups in total. The number of rotatable bonds is 4. The molecule has 0 spiro atoms. The third-order valence-corrected chi connectivity index (χ3v) is 3.54. The maximum atomic E-state index is 12.3. The molecule has 0 aliphatic carbocycles. The fourth-order valence-corrected chi connectivity index (χ4v) is 2.21. The minimum atomic E-state index is -0.150. The van der Waals surface area contributed by atoms with Crippen molar-refractivity contribution in [2.75, 3.05) is 5.32 Å². The van der Waals surface area contributed by atoms with E-state index in [2.05, 4.69) is 22.4 Å². The van der Waals surface area contributed by atoms with E-state index >= 15 is 0 Å². The fourth-order valence-electron chi connectivity index (χ4n) is 2.21. The van der Waals surface area contributed by atoms with Crippen molar-refractivity contribution < 1.29 is 9.32 Å². The summed E-state index contributed by atoms with van der Waals surface area (Å²) in [5.74, 6) is 0.879. The third-order valence-electron chi connectivity index (χ3n) is 3.54. The minimum Gasteiger partial charge on any atom is -0.334 e. The average molecular weight is 307 g/mol. The van der Waals surface area contributed by atoms with E-state index in [-0.39, 0.29) is 5.91 Å². The number of amides is 1. The predicted molar refractivity (Wildman–Crippen MR) is 88.2 cm³/mol. The SMILES string of the molecule is CCc1ccc(NC(=O)c2ccc(-c3nc(C)no3)cc2)cc1. The van der Waals surface area contributed by atoms with E-state index in [9.17, 15) is 4.79 Å². The van der Waals surface area contributed by atoms with Gasteiger partial charge in [0.25, 0.3) is 11.8 Å². The lowest BCUT2D eigenvalue weighted by Crippen LogP contribution is -2.11. The van der Waals surface area contributed by atoms with Crippen molar-refractivity contribution >= 4 is 11.6 Å². The fraction of sp³-hybridized carbons (Fsp3) is 0.167. The highest BCUT2D eigenvalue weighted by Crippen LogP contribution is 2.18. The summed E-state index contributed by atoms with van der Waals surface area (Å²) in [6.07, 6.45) is 0.977. The van der Waals surface area contributed by atoms with Crippen molar-refractivity contribution in [1.29, 1.82) is 0 Å². The van der Waals surface area contributed by atoms with Crippen LogP contribution < -0.4 is 5.32 Å². The number of hydrogen-bond acceptors (Lipinski definition) is 4. The normalized spacial score (nSPS) is 10.5. The van der Waals surface area contributed by atoms with Crippen molar-refractivity contribution in [2.24, 2.45) is 0 Å². The second-order valence-corrected chi connectivity index (χ2v) is 5.23. The first-order valence-electron chi connectivity index (χ1n) is 7.47. The summed E-state index contributed by atoms with van der Waals surface area (Å²) in [5.41, 5.74) is 3.38. The summed E-state index contributed by atoms with van der Waals surface area (Å²) in [4.78, 5) is 16.4. The Bertz CT molecular complexity index is 805. The Morgan fingerprint density at radius 1 is 1.09 bits per heavy atom. The smallest absolute Gasteiger partial charge is 0.257 e. The zero-order valence-electron chi connectivity index (χ0n) is 13.0. The third kappa shape index (κ3) is 3.45. The van der Waals surface area contributed by atoms with Crippen LogP contribution >= 0.6 is 0 Å². The van der Waals surface area contributed by atoms with Gasteiger partial charge >= 0.3 is 0 Å². The van der Waals surface area contributed by atoms with Gasteiger partial charge in [-0.1, -0.05) is 24.2 Å². The van der Waals surface area contributed by atoms with Crippen LogP contribution in [0.5, 0.6) is 0 Å². The molecule has 3 aromatic rings. The van der Waals surface area contributed by atoms with Crippen LogP contribution in [0.15, 0.2) is 53.1 Å². The van der Waals surface area contributed by atoms with Gasteiger partial charge in [-0.2, -0.15) is 4.98 Å². The predicted octanol–water partition coefficient (Wildman–Crippen LogP) is 3.86. The average Bonchev–Trinajstić information content (AvgIpc) is 3.02. The molecule has 5 nitrogen and oxygen atoms in total. The molecule has 0 aliphatic heterocycles. The summed E-state index contributed by atoms with van der Waals surface area (Å²) >= 11 is 0. The molecule has 0 saturated heterocycles. The summed E-state index contributed by atoms with van der Waals surface area (Å²) in [6, 6.07) is 14.9. The molecule has 0 bridgehead atoms. The molecule has 0 aliphatic rings. The number of aryl methyl sites for hydroxylation is 2. The number of hydrogen-bond donors (Lipinski definition) is 1. The summed E-state index contributed by atoms with van der Waals surface area (Å²) in [6.45, 7) is 3.86. The molecule has 0 atom stereocenters. The highest BCUT2D eigenvalue weighted by Gasteiger charge is 2.09. The quantitative estimate of drug-likeness (QED) is 0.794. The van der Waals surface area contributed by atoms with Gasteiger partial charge in [-0.3, -0.25) is 4.79 Å². The van der Waals surface area contributed by atoms with Gasteiger partial charge < -0.3 is 9.84 Å². The molecular weight excluding hydrogens is 290 g/mol. The van der Waals surface area contributed by atoms with Crippen molar-refractivity contribution in [2.45, 2.75) is 20.3 Å². The molecule has 1 aromatic heterocycles. The van der Waals surface area contributed by atoms with Gasteiger partial charge in [0.2, 0.25) is 0 Å². The Kier molecular flexibility index (Phi) is 4.19. The highest BCUT2D eigenvalue weighted by molar-refractivity contribution is 6.04. The second kappa shape index (κ2) is 6.44. The molecule has 116 valence electrons. The molecule has 2 aromatic carbocycles. The van der Waals surface area contributed by atoms with Crippen molar-refractivity contribution in [3.63, 3.8) is 0 Å². The molecule has 0 unspecified atom stereocenters. The van der Waals surface area contributed by atoms with E-state index in [4.69, 9.17) is 4.52 Å². The van der Waals surface area contributed by atoms with Crippen LogP contribution in [0.4, 0.5) is 5.69 Å². The number of anilines is 1. The first-order chi connectivity index (χ1) is 11.2. The van der Waals surface area contributed by atoms with Crippen LogP contribution in [0.25, 0.3) is 11.5 Å². The van der Waals surface area contributed by atoms with Gasteiger partial charge in [0.15, 0.2) is 5.82 Å². The lowest BCUT2D eigenvalue weighted by Gasteiger charge is -2.06. The van der Waals surface area contributed by atoms with Crippen LogP contribution in [0.1, 0.15) is 28.7 Å². The molecule has 3 rings (SSSR count). The molecule has 23 heavy (non-hydrogen) atoms. The van der Waals surface area contributed by atoms with E-state index in [0.29, 0.717) is 17.3 Å². The van der Waals surface area contributed by atoms with Gasteiger partial charge in [-0.25, -0.2) is 0 Å². The number of carbonyl (C=O) groups excluding carboxylic acids is 1. The maximum Gasteiger partial charge on any atom is 0.257 e. The first kappa shape index (κ1) is 15.0. The minimum absolute atomic E-state index is 0.150. The Hall–Kier alpha value is -2.95. The van der Waals surface area contributed by atoms with Crippen molar-refractivity contribution in [3.05, 3.63) is 65.5 Å². The number of aromatic nitrogens is 2. The zero-order chi connectivity index (χ0) is 16.2. The number of nitrogens with zero attached hydrogens (tertiary/aromatic N) is 2. The van der Waals surface area contributed by atoms with Gasteiger partial charge in [-0.05, 0) is 55.3 Å². The monoisotopic (exact) mass is 307 g/mol. The lowest BCUT2D eigenvalue weighted by molar-refractivity contribution is 0.102. The Morgan fingerprint density at radius 2 is 1.78 bits per heavy atom. The topological polar surface area (TPSA) is 68.0 Å². The first-order valence-corrected chi connectivity index (χ1v) is 7.47. The van der Waals surface area contributed by atoms with Gasteiger partial charge in [0.05, 0.1) is 0 Å². The molecule has 1 amide bonds. The Balaban J connectivity index is 1.72. The summed E-state index contributed by atoms with van der Waals surface area (Å²) in [7, 11) is 0. The van der Waals surface area contributed by atoms with Crippen molar-refractivity contribution in [3.8, 4) is 11.5 Å². The van der Waals surface area contributed by atoms with E-state index in [0.717, 1.165) is 17.7 Å². The zero-order valence-corrected chi connectivity index (χ0v) is 13.0. The Morgan fingerprint density at radius 3 is 2.35 bits per heavy atom. The van der Waals surface area contributed by atoms with Crippen LogP contribution in [0, 0.1) is 6.92 Å². The van der Waals surface area contributed by atoms with Crippen molar-refractivity contribution in [1.82, 2.24) is 10.1 Å². The highest BCUT2D eigenvalue weighted by atomic mass is 16.5. The standard InChI is InChI=1S/C18H17N3O2/c1-3-13-4-10-16(11-5-13)20-17(22)14-6-8-15(9-7-14)18-19-12(2)21-23-18/h4-11H,3H2,1-2H3,(H,20,22). The summed E-state index contributed by atoms with van der Waals surface area (Å²) < 4.78 is 5.11. The molecule has 0 saturated carbocycles. The van der Waals surface area contributed by atoms with Crippen LogP contribution in [0.2, 0.25) is 0 Å². The molecule has 0 fully saturated rings. The number of benzene rings is 2. The number of carbonyl (C=O) groups is 1. The van der Waals surface area contributed by atoms with Gasteiger partial charge in [0, 0.05) is 16.8 Å². The molecular formula is C18H17N3O2. The largest absolute Gasteiger partial charge is 0.334 e. The van der Waals surface area contributed by atoms with Crippen LogP contribution in [-0.4, -0.2) is 16.0 Å². The summed E-state index contributed by atoms with van der Waals surface area (Å²) in [5, 5.41) is 6.64. The molecule has 1 heterocycles. The van der Waals surface area contributed by atoms with Gasteiger partial charge in [0.1, 0.15) is 0 Å². The molecule has 0 radical (unpaired) electrons. The number of nitrogens with one attached hydrogen (secondary N) is 1. The van der Waals surface area contributed by atoms with Crippen LogP contribution in [-0.2, 0) is 6.42 Å². The maximum absolute atomic E-state index is 12.3. The van der Waals surface area contributed by atoms with Gasteiger partial charge in [-0.15, -0.1) is 0 Å². The van der Waals surface area contributed by atoms with E-state index < -0.39 is 0 Å². The second-order valence-electron chi connectivity index (χ2n) is 5.23. The van der Waals surface area contributed by atoms with E-state index in [1.165, 1.54) is 5.56 Å². The van der Waals surface area contributed by atoms with Crippen LogP contribution in [0.3, 0.4) is 0 Å². The van der Waals surface area contributed by atoms with E-state index in [1.54, 1.807) is 31.2 Å². The molecule has 5 heteroatoms. The van der Waals surface area contributed by atoms with E-state index in [1.807, 2.05) is 24.3 Å². The lowest BCUT2D eigenvalue weighted by atomic mass is 10.1. The Labute approximate surface area is 134 Å².